The van der Waals surface area contributed by atoms with Crippen molar-refractivity contribution in [2.24, 2.45) is 0 Å². The Morgan fingerprint density at radius 1 is 0.159 bits per heavy atom. The van der Waals surface area contributed by atoms with Gasteiger partial charge in [-0.3, -0.25) is 165 Å². The molecular formula is C60H112N34O37S. The average molecular weight is 1930 g/mol. The molecule has 750 valence electrons. The molecule has 132 heavy (non-hydrogen) atoms. The number of nitrogens with zero attached hydrogens (tertiary/aromatic N) is 32. The minimum Gasteiger partial charge on any atom is -0.759 e. The summed E-state index contributed by atoms with van der Waals surface area (Å²) in [5, 5.41) is 0. The van der Waals surface area contributed by atoms with E-state index in [0.29, 0.717) is 0 Å². The SMILES string of the molecule is O.O.O.O.O.O.O.O.O.O.O.O.O.O.O.O.O.O=C1N2CN3C(=O)N4CN5C(=O)N6CN7C(=O)N8CN9C(=O)N%10CN%11C(=O)N%12CN%13C(=O)N%14CN%15C(=O)N%16CN1C1C2N2CN%17C(=O)N(CN%18C(=O)N(CN%19C(=O)N(CN%20C(=O)N(CN%21C(=O)N(CN%22C(=O)N(CN%23C(=O)N(CN1C2=O)C%16C%15%23)C%14C%13%22)C%12C%11%21)C%10C9%20)C8C7%19)C6C5%18)C4C3%17.O=S(=O)([O-])[O-].[NH3+]CCCCCCCCCCCC[NH3+]. The normalized spacial score (nSPS) is 30.9. The molecule has 72 heteroatoms. The van der Waals surface area contributed by atoms with E-state index in [1.165, 1.54) is 221 Å². The van der Waals surface area contributed by atoms with Crippen molar-refractivity contribution < 1.29 is 199 Å². The molecule has 0 atom stereocenters. The van der Waals surface area contributed by atoms with E-state index in [1.54, 1.807) is 0 Å². The molecule has 0 radical (unpaired) electrons. The van der Waals surface area contributed by atoms with Crippen molar-refractivity contribution in [3.63, 3.8) is 0 Å². The molecule has 24 saturated heterocycles. The van der Waals surface area contributed by atoms with E-state index in [1.807, 2.05) is 0 Å². The van der Waals surface area contributed by atoms with Gasteiger partial charge >= 0.3 is 96.5 Å². The summed E-state index contributed by atoms with van der Waals surface area (Å²) < 4.78 is 34.1. The number of hydrogen-bond acceptors (Lipinski definition) is 20. The summed E-state index contributed by atoms with van der Waals surface area (Å²) in [6.07, 6.45) is -6.37. The van der Waals surface area contributed by atoms with E-state index >= 15 is 76.7 Å². The van der Waals surface area contributed by atoms with Gasteiger partial charge in [-0.25, -0.2) is 76.7 Å². The second-order valence-electron chi connectivity index (χ2n) is 33.1. The van der Waals surface area contributed by atoms with E-state index in [0.717, 1.165) is 13.1 Å². The third-order valence-corrected chi connectivity index (χ3v) is 27.8. The number of carbonyl (C=O) groups excluding carboxylic acids is 16. The van der Waals surface area contributed by atoms with Crippen molar-refractivity contribution in [3.8, 4) is 0 Å². The van der Waals surface area contributed by atoms with Crippen LogP contribution in [0, 0.1) is 0 Å². The maximum atomic E-state index is 15.5. The van der Waals surface area contributed by atoms with Gasteiger partial charge in [0.1, 0.15) is 107 Å². The van der Waals surface area contributed by atoms with Gasteiger partial charge in [0.2, 0.25) is 0 Å². The van der Waals surface area contributed by atoms with Crippen molar-refractivity contribution in [1.82, 2.24) is 157 Å². The van der Waals surface area contributed by atoms with E-state index in [9.17, 15) is 0 Å². The van der Waals surface area contributed by atoms with Gasteiger partial charge in [0, 0.05) is 10.4 Å². The number of urea groups is 16. The van der Waals surface area contributed by atoms with Crippen LogP contribution < -0.4 is 11.5 Å². The van der Waals surface area contributed by atoms with Gasteiger partial charge in [-0.05, 0) is 25.7 Å². The number of unbranched alkanes of at least 4 members (excludes halogenated alkanes) is 9. The molecule has 0 aromatic rings. The quantitative estimate of drug-likeness (QED) is 0.110. The van der Waals surface area contributed by atoms with Crippen LogP contribution in [0.3, 0.4) is 0 Å². The molecule has 24 heterocycles. The predicted molar refractivity (Wildman–Crippen MR) is 417 cm³/mol. The highest BCUT2D eigenvalue weighted by Gasteiger charge is 2.78. The Hall–Kier alpha value is -12.6. The Labute approximate surface area is 743 Å². The number of quaternary nitrogens is 2. The molecule has 0 spiro atoms. The third kappa shape index (κ3) is 13.0. The first-order valence-corrected chi connectivity index (χ1v) is 40.0. The Morgan fingerprint density at radius 2 is 0.212 bits per heavy atom. The van der Waals surface area contributed by atoms with Gasteiger partial charge in [-0.15, -0.1) is 0 Å². The molecule has 24 aliphatic heterocycles. The van der Waals surface area contributed by atoms with Gasteiger partial charge in [-0.2, -0.15) is 0 Å². The van der Waals surface area contributed by atoms with E-state index in [4.69, 9.17) is 17.5 Å². The van der Waals surface area contributed by atoms with Crippen LogP contribution in [0.1, 0.15) is 64.2 Å². The van der Waals surface area contributed by atoms with Crippen LogP contribution in [0.5, 0.6) is 0 Å². The average Bonchev–Trinajstić information content (AvgIpc) is 1.51. The largest absolute Gasteiger partial charge is 0.759 e. The second-order valence-corrected chi connectivity index (χ2v) is 33.9. The van der Waals surface area contributed by atoms with E-state index in [-0.39, 0.29) is 93.1 Å². The fourth-order valence-electron chi connectivity index (χ4n) is 23.1. The van der Waals surface area contributed by atoms with Crippen molar-refractivity contribution in [3.05, 3.63) is 0 Å². The fourth-order valence-corrected chi connectivity index (χ4v) is 23.1. The van der Waals surface area contributed by atoms with E-state index < -0.39 is 312 Å². The Kier molecular flexibility index (Phi) is 29.4. The highest BCUT2D eigenvalue weighted by molar-refractivity contribution is 7.79. The molecule has 24 fully saturated rings. The third-order valence-electron chi connectivity index (χ3n) is 27.8. The zero-order valence-corrected chi connectivity index (χ0v) is 70.7. The highest BCUT2D eigenvalue weighted by atomic mass is 32.3. The maximum Gasteiger partial charge on any atom is 0.326 e. The molecular weight excluding hydrogens is 1820 g/mol. The Balaban J connectivity index is 0.000000680. The lowest BCUT2D eigenvalue weighted by Crippen LogP contribution is -2.63. The summed E-state index contributed by atoms with van der Waals surface area (Å²) in [5.74, 6) is 0. The molecule has 40 N–H and O–H groups in total. The van der Waals surface area contributed by atoms with Gasteiger partial charge in [0.15, 0.2) is 98.7 Å². The Morgan fingerprint density at radius 3 is 0.265 bits per heavy atom. The van der Waals surface area contributed by atoms with Gasteiger partial charge in [0.25, 0.3) is 0 Å². The number of rotatable bonds is 11. The smallest absolute Gasteiger partial charge is 0.326 e. The summed E-state index contributed by atoms with van der Waals surface area (Å²) in [7, 11) is -5.17. The molecule has 32 amide bonds. The topological polar surface area (TPSA) is 1050 Å². The van der Waals surface area contributed by atoms with Crippen molar-refractivity contribution in [1.29, 1.82) is 0 Å². The van der Waals surface area contributed by atoms with Crippen molar-refractivity contribution >= 4 is 107 Å². The summed E-state index contributed by atoms with van der Waals surface area (Å²) in [5.41, 5.74) is 7.71. The zero-order valence-electron chi connectivity index (χ0n) is 69.8. The minimum absolute atomic E-state index is 0. The lowest BCUT2D eigenvalue weighted by molar-refractivity contribution is -0.368. The fraction of sp³-hybridized carbons (Fsp3) is 0.733. The summed E-state index contributed by atoms with van der Waals surface area (Å²) in [4.78, 5) is 289. The molecule has 0 aliphatic carbocycles. The summed E-state index contributed by atoms with van der Waals surface area (Å²) in [6, 6.07) is -11.9. The number of amides is 32. The van der Waals surface area contributed by atoms with Crippen LogP contribution in [0.15, 0.2) is 0 Å². The van der Waals surface area contributed by atoms with Gasteiger partial charge in [-0.1, -0.05) is 38.5 Å². The first kappa shape index (κ1) is 108. The Bertz CT molecular complexity index is 3490. The van der Waals surface area contributed by atoms with Crippen LogP contribution in [0.4, 0.5) is 76.7 Å². The molecule has 0 aromatic carbocycles. The van der Waals surface area contributed by atoms with Crippen molar-refractivity contribution in [2.75, 3.05) is 120 Å². The van der Waals surface area contributed by atoms with Crippen LogP contribution in [0.25, 0.3) is 0 Å². The van der Waals surface area contributed by atoms with Crippen LogP contribution in [-0.2, 0) is 10.4 Å². The predicted octanol–water partition coefficient (Wildman–Crippen LogP) is -21.5. The standard InChI is InChI=1S/C48H48N32O16.C12H28N2.H2O4S.17H2O/c81-33-49-1-50-18-20-54(34(50)82)4-58-22-24-62(38(58)86)8-66-26-28-70(42(66)90)12-74-30-32-78(46(74)94)15-77-31-29-73(45(77)93)11-69-27-25-65(41(69)89)7-61-23-21-57(37(61)85)3-53(33)19-17(49)51-2-52(18)36(84)56(20)6-60(22)40(88)64(24)10-68(26)44(92)72(28)14-76(30)48(96)80(32)16-79(31)47(95)75(29)13-71(27)43(91)67(25)9-63(23)39(87)59(21)5-55(19)35(51)83;13-11-9-7-5-3-1-2-4-6-8-10-12-14;1-5(2,3)4;;;;;;;;;;;;;;;;;/h17-32H,1-16H2;1-14H2;(H2,1,2,3,4);17*1H2. The molecule has 24 aliphatic rings. The summed E-state index contributed by atoms with van der Waals surface area (Å²) >= 11 is 0. The van der Waals surface area contributed by atoms with E-state index in [2.05, 4.69) is 11.5 Å². The molecule has 0 aromatic heterocycles. The molecule has 0 bridgehead atoms. The number of carbonyl (C=O) groups is 16. The summed E-state index contributed by atoms with van der Waals surface area (Å²) in [6.45, 7) is -6.65. The zero-order chi connectivity index (χ0) is 79.2. The maximum absolute atomic E-state index is 15.5. The lowest BCUT2D eigenvalue weighted by atomic mass is 10.1. The lowest BCUT2D eigenvalue weighted by Gasteiger charge is -2.42. The molecule has 24 rings (SSSR count). The van der Waals surface area contributed by atoms with Crippen LogP contribution in [0.2, 0.25) is 0 Å². The minimum atomic E-state index is -5.17. The molecule has 0 saturated carbocycles. The monoisotopic (exact) mass is 1930 g/mol. The molecule has 71 nitrogen and oxygen atoms in total. The molecule has 0 unspecified atom stereocenters. The van der Waals surface area contributed by atoms with Crippen LogP contribution >= 0.6 is 0 Å². The van der Waals surface area contributed by atoms with Crippen LogP contribution in [-0.4, -0.2) is 582 Å². The van der Waals surface area contributed by atoms with Gasteiger partial charge < -0.3 is 114 Å². The number of hydrogen-bond donors (Lipinski definition) is 2. The second kappa shape index (κ2) is 35.9. The highest BCUT2D eigenvalue weighted by Crippen LogP contribution is 2.54. The first-order valence-electron chi connectivity index (χ1n) is 38.6. The first-order chi connectivity index (χ1) is 55.2. The van der Waals surface area contributed by atoms with Gasteiger partial charge in [0.05, 0.1) is 13.1 Å². The van der Waals surface area contributed by atoms with Crippen molar-refractivity contribution in [2.45, 2.75) is 163 Å².